The van der Waals surface area contributed by atoms with Gasteiger partial charge in [-0.3, -0.25) is 4.79 Å². The van der Waals surface area contributed by atoms with Gasteiger partial charge in [0, 0.05) is 16.8 Å². The molecule has 0 saturated carbocycles. The first-order chi connectivity index (χ1) is 8.65. The SMILES string of the molecule is N[C@H]1CCN(Cc2cc3c(Cl)ncnc3s2)C1=O. The molecule has 1 amide bonds. The lowest BCUT2D eigenvalue weighted by molar-refractivity contribution is -0.129. The van der Waals surface area contributed by atoms with Crippen molar-refractivity contribution in [1.82, 2.24) is 14.9 Å². The Morgan fingerprint density at radius 1 is 1.56 bits per heavy atom. The summed E-state index contributed by atoms with van der Waals surface area (Å²) < 4.78 is 0. The van der Waals surface area contributed by atoms with Crippen LogP contribution in [0.15, 0.2) is 12.4 Å². The van der Waals surface area contributed by atoms with Crippen molar-refractivity contribution in [3.63, 3.8) is 0 Å². The van der Waals surface area contributed by atoms with Gasteiger partial charge in [0.2, 0.25) is 5.91 Å². The lowest BCUT2D eigenvalue weighted by Crippen LogP contribution is -2.33. The van der Waals surface area contributed by atoms with Crippen LogP contribution in [0.4, 0.5) is 0 Å². The molecule has 2 aromatic rings. The first-order valence-electron chi connectivity index (χ1n) is 5.58. The predicted octanol–water partition coefficient (Wildman–Crippen LogP) is 1.40. The van der Waals surface area contributed by atoms with Crippen LogP contribution in [0.25, 0.3) is 10.2 Å². The Balaban J connectivity index is 1.87. The van der Waals surface area contributed by atoms with E-state index in [1.54, 1.807) is 4.90 Å². The minimum Gasteiger partial charge on any atom is -0.336 e. The molecule has 1 atom stereocenters. The average molecular weight is 283 g/mol. The molecule has 0 spiro atoms. The van der Waals surface area contributed by atoms with Crippen LogP contribution in [0.5, 0.6) is 0 Å². The highest BCUT2D eigenvalue weighted by Crippen LogP contribution is 2.29. The van der Waals surface area contributed by atoms with Crippen LogP contribution in [-0.2, 0) is 11.3 Å². The minimum atomic E-state index is -0.345. The zero-order chi connectivity index (χ0) is 12.7. The molecule has 0 aromatic carbocycles. The Kier molecular flexibility index (Phi) is 2.93. The van der Waals surface area contributed by atoms with Crippen LogP contribution in [-0.4, -0.2) is 33.4 Å². The second-order valence-corrected chi connectivity index (χ2v) is 5.72. The van der Waals surface area contributed by atoms with E-state index in [9.17, 15) is 4.79 Å². The maximum atomic E-state index is 11.7. The highest BCUT2D eigenvalue weighted by atomic mass is 35.5. The molecule has 0 radical (unpaired) electrons. The standard InChI is InChI=1S/C11H11ClN4OS/c12-9-7-3-6(18-10(7)15-5-14-9)4-16-2-1-8(13)11(16)17/h3,5,8H,1-2,4,13H2/t8-/m0/s1. The summed E-state index contributed by atoms with van der Waals surface area (Å²) >= 11 is 7.53. The molecule has 1 fully saturated rings. The summed E-state index contributed by atoms with van der Waals surface area (Å²) in [5.74, 6) is 0.0182. The maximum absolute atomic E-state index is 11.7. The molecule has 7 heteroatoms. The van der Waals surface area contributed by atoms with E-state index in [1.165, 1.54) is 17.7 Å². The molecule has 1 saturated heterocycles. The first kappa shape index (κ1) is 11.8. The lowest BCUT2D eigenvalue weighted by atomic mass is 10.3. The summed E-state index contributed by atoms with van der Waals surface area (Å²) in [6, 6.07) is 1.60. The number of nitrogens with two attached hydrogens (primary N) is 1. The number of amides is 1. The predicted molar refractivity (Wildman–Crippen MR) is 70.4 cm³/mol. The first-order valence-corrected chi connectivity index (χ1v) is 6.78. The molecule has 3 heterocycles. The van der Waals surface area contributed by atoms with Gasteiger partial charge < -0.3 is 10.6 Å². The van der Waals surface area contributed by atoms with Gasteiger partial charge in [0.15, 0.2) is 0 Å². The minimum absolute atomic E-state index is 0.0182. The van der Waals surface area contributed by atoms with Gasteiger partial charge in [-0.15, -0.1) is 11.3 Å². The molecule has 0 bridgehead atoms. The van der Waals surface area contributed by atoms with Crippen molar-refractivity contribution in [3.8, 4) is 0 Å². The van der Waals surface area contributed by atoms with E-state index in [4.69, 9.17) is 17.3 Å². The molecule has 5 nitrogen and oxygen atoms in total. The highest BCUT2D eigenvalue weighted by Gasteiger charge is 2.28. The van der Waals surface area contributed by atoms with Crippen molar-refractivity contribution in [3.05, 3.63) is 22.4 Å². The third-order valence-corrected chi connectivity index (χ3v) is 4.35. The topological polar surface area (TPSA) is 72.1 Å². The summed E-state index contributed by atoms with van der Waals surface area (Å²) in [7, 11) is 0. The summed E-state index contributed by atoms with van der Waals surface area (Å²) in [5.41, 5.74) is 5.69. The van der Waals surface area contributed by atoms with Crippen LogP contribution in [0.1, 0.15) is 11.3 Å². The van der Waals surface area contributed by atoms with Crippen molar-refractivity contribution in [2.75, 3.05) is 6.54 Å². The molecule has 1 aliphatic heterocycles. The molecule has 0 aliphatic carbocycles. The number of hydrogen-bond donors (Lipinski definition) is 1. The van der Waals surface area contributed by atoms with Crippen molar-refractivity contribution in [2.45, 2.75) is 19.0 Å². The Bertz CT molecular complexity index is 614. The van der Waals surface area contributed by atoms with Gasteiger partial charge in [-0.25, -0.2) is 9.97 Å². The van der Waals surface area contributed by atoms with Crippen molar-refractivity contribution >= 4 is 39.1 Å². The van der Waals surface area contributed by atoms with Crippen LogP contribution >= 0.6 is 22.9 Å². The van der Waals surface area contributed by atoms with Gasteiger partial charge in [-0.05, 0) is 12.5 Å². The van der Waals surface area contributed by atoms with Crippen LogP contribution in [0.3, 0.4) is 0 Å². The van der Waals surface area contributed by atoms with E-state index >= 15 is 0 Å². The number of aromatic nitrogens is 2. The fourth-order valence-electron chi connectivity index (χ4n) is 2.06. The second kappa shape index (κ2) is 4.46. The number of rotatable bonds is 2. The molecule has 1 aliphatic rings. The van der Waals surface area contributed by atoms with E-state index in [-0.39, 0.29) is 11.9 Å². The lowest BCUT2D eigenvalue weighted by Gasteiger charge is -2.14. The number of hydrogen-bond acceptors (Lipinski definition) is 5. The summed E-state index contributed by atoms with van der Waals surface area (Å²) in [6.07, 6.45) is 2.17. The molecule has 2 aromatic heterocycles. The van der Waals surface area contributed by atoms with Crippen molar-refractivity contribution in [1.29, 1.82) is 0 Å². The molecule has 94 valence electrons. The van der Waals surface area contributed by atoms with E-state index in [1.807, 2.05) is 6.07 Å². The van der Waals surface area contributed by atoms with Crippen LogP contribution in [0.2, 0.25) is 5.15 Å². The highest BCUT2D eigenvalue weighted by molar-refractivity contribution is 7.18. The Morgan fingerprint density at radius 3 is 3.06 bits per heavy atom. The van der Waals surface area contributed by atoms with E-state index in [0.29, 0.717) is 18.2 Å². The summed E-state index contributed by atoms with van der Waals surface area (Å²) in [5, 5.41) is 1.29. The quantitative estimate of drug-likeness (QED) is 0.845. The number of fused-ring (bicyclic) bond motifs is 1. The number of halogens is 1. The summed E-state index contributed by atoms with van der Waals surface area (Å²) in [6.45, 7) is 1.29. The van der Waals surface area contributed by atoms with Gasteiger partial charge in [0.1, 0.15) is 16.3 Å². The van der Waals surface area contributed by atoms with Crippen LogP contribution < -0.4 is 5.73 Å². The fraction of sp³-hybridized carbons (Fsp3) is 0.364. The number of thiophene rings is 1. The molecule has 2 N–H and O–H groups in total. The van der Waals surface area contributed by atoms with Gasteiger partial charge in [0.25, 0.3) is 0 Å². The van der Waals surface area contributed by atoms with E-state index < -0.39 is 0 Å². The van der Waals surface area contributed by atoms with E-state index in [0.717, 1.165) is 21.5 Å². The number of nitrogens with zero attached hydrogens (tertiary/aromatic N) is 3. The van der Waals surface area contributed by atoms with Crippen molar-refractivity contribution < 1.29 is 4.79 Å². The molecule has 0 unspecified atom stereocenters. The number of carbonyl (C=O) groups excluding carboxylic acids is 1. The number of likely N-dealkylation sites (tertiary alicyclic amines) is 1. The zero-order valence-electron chi connectivity index (χ0n) is 9.47. The Labute approximate surface area is 113 Å². The van der Waals surface area contributed by atoms with Gasteiger partial charge >= 0.3 is 0 Å². The molecule has 18 heavy (non-hydrogen) atoms. The fourth-order valence-corrected chi connectivity index (χ4v) is 3.32. The second-order valence-electron chi connectivity index (χ2n) is 4.25. The molecular weight excluding hydrogens is 272 g/mol. The Morgan fingerprint density at radius 2 is 2.39 bits per heavy atom. The maximum Gasteiger partial charge on any atom is 0.239 e. The molecular formula is C11H11ClN4OS. The zero-order valence-corrected chi connectivity index (χ0v) is 11.0. The summed E-state index contributed by atoms with van der Waals surface area (Å²) in [4.78, 5) is 23.5. The van der Waals surface area contributed by atoms with Gasteiger partial charge in [-0.2, -0.15) is 0 Å². The monoisotopic (exact) mass is 282 g/mol. The normalized spacial score (nSPS) is 20.0. The van der Waals surface area contributed by atoms with Crippen molar-refractivity contribution in [2.24, 2.45) is 5.73 Å². The van der Waals surface area contributed by atoms with E-state index in [2.05, 4.69) is 9.97 Å². The smallest absolute Gasteiger partial charge is 0.239 e. The van der Waals surface area contributed by atoms with Crippen LogP contribution in [0, 0.1) is 0 Å². The number of carbonyl (C=O) groups is 1. The third-order valence-electron chi connectivity index (χ3n) is 3.02. The third kappa shape index (κ3) is 1.96. The Hall–Kier alpha value is -1.24. The van der Waals surface area contributed by atoms with Gasteiger partial charge in [0.05, 0.1) is 12.6 Å². The molecule has 3 rings (SSSR count). The largest absolute Gasteiger partial charge is 0.336 e. The van der Waals surface area contributed by atoms with Gasteiger partial charge in [-0.1, -0.05) is 11.6 Å². The average Bonchev–Trinajstić information content (AvgIpc) is 2.89.